The number of allylic oxidation sites excluding steroid dienone is 2. The van der Waals surface area contributed by atoms with Crippen molar-refractivity contribution in [3.63, 3.8) is 0 Å². The molecule has 2 aliphatic heterocycles. The average Bonchev–Trinajstić information content (AvgIpc) is 3.39. The number of benzene rings is 3. The van der Waals surface area contributed by atoms with E-state index >= 15 is 0 Å². The zero-order chi connectivity index (χ0) is 33.4. The van der Waals surface area contributed by atoms with Gasteiger partial charge in [-0.2, -0.15) is 0 Å². The summed E-state index contributed by atoms with van der Waals surface area (Å²) >= 11 is 14.5. The number of aromatic hydroxyl groups is 1. The van der Waals surface area contributed by atoms with Crippen LogP contribution in [0.4, 0.5) is 5.69 Å². The van der Waals surface area contributed by atoms with Crippen molar-refractivity contribution in [1.82, 2.24) is 4.90 Å². The quantitative estimate of drug-likeness (QED) is 0.162. The van der Waals surface area contributed by atoms with Crippen LogP contribution >= 0.6 is 23.2 Å². The first-order chi connectivity index (χ1) is 22.4. The molecule has 11 heteroatoms. The molecule has 0 radical (unpaired) electrons. The number of phenolic OH excluding ortho intramolecular Hbond substituents is 1. The minimum Gasteiger partial charge on any atom is -0.508 e. The molecule has 3 fully saturated rings. The van der Waals surface area contributed by atoms with E-state index in [-0.39, 0.29) is 36.5 Å². The molecule has 4 amide bonds. The number of alkyl halides is 2. The molecule has 1 N–H and O–H groups in total. The van der Waals surface area contributed by atoms with E-state index in [2.05, 4.69) is 0 Å². The van der Waals surface area contributed by atoms with E-state index in [4.69, 9.17) is 27.9 Å². The monoisotopic (exact) mass is 672 g/mol. The number of halogens is 2. The number of nitrogens with zero attached hydrogens (tertiary/aromatic N) is 2. The summed E-state index contributed by atoms with van der Waals surface area (Å²) in [6.07, 6.45) is 1.82. The number of carbonyl (C=O) groups excluding carboxylic acids is 5. The number of fused-ring (bicyclic) bond motifs is 4. The molecule has 3 aromatic rings. The van der Waals surface area contributed by atoms with Crippen LogP contribution in [0.5, 0.6) is 11.5 Å². The Morgan fingerprint density at radius 2 is 1.64 bits per heavy atom. The predicted molar refractivity (Wildman–Crippen MR) is 173 cm³/mol. The molecule has 0 bridgehead atoms. The first kappa shape index (κ1) is 31.1. The Balaban J connectivity index is 1.29. The Kier molecular flexibility index (Phi) is 7.33. The van der Waals surface area contributed by atoms with Gasteiger partial charge in [0.1, 0.15) is 18.1 Å². The van der Waals surface area contributed by atoms with Gasteiger partial charge in [-0.1, -0.05) is 48.0 Å². The number of rotatable bonds is 6. The van der Waals surface area contributed by atoms with Crippen molar-refractivity contribution in [2.45, 2.75) is 42.0 Å². The Morgan fingerprint density at radius 1 is 0.936 bits per heavy atom. The van der Waals surface area contributed by atoms with Crippen molar-refractivity contribution in [2.24, 2.45) is 17.8 Å². The summed E-state index contributed by atoms with van der Waals surface area (Å²) in [6, 6.07) is 20.4. The maximum Gasteiger partial charge on any atom is 0.253 e. The molecule has 240 valence electrons. The van der Waals surface area contributed by atoms with E-state index in [0.717, 1.165) is 15.4 Å². The Bertz CT molecular complexity index is 1890. The van der Waals surface area contributed by atoms with E-state index in [0.29, 0.717) is 22.6 Å². The van der Waals surface area contributed by atoms with Gasteiger partial charge in [0.25, 0.3) is 11.8 Å². The molecule has 7 rings (SSSR count). The van der Waals surface area contributed by atoms with Gasteiger partial charge in [0.05, 0.1) is 17.5 Å². The Labute approximate surface area is 280 Å². The highest BCUT2D eigenvalue weighted by Crippen LogP contribution is 2.66. The first-order valence-electron chi connectivity index (χ1n) is 15.3. The van der Waals surface area contributed by atoms with Crippen LogP contribution in [0.15, 0.2) is 84.4 Å². The van der Waals surface area contributed by atoms with Crippen LogP contribution in [0.3, 0.4) is 0 Å². The molecule has 0 spiro atoms. The molecular weight excluding hydrogens is 643 g/mol. The molecule has 2 aliphatic carbocycles. The molecular formula is C36H30Cl2N2O7. The second kappa shape index (κ2) is 11.1. The lowest BCUT2D eigenvalue weighted by molar-refractivity contribution is -0.138. The molecule has 3 aromatic carbocycles. The van der Waals surface area contributed by atoms with Gasteiger partial charge in [-0.25, -0.2) is 0 Å². The van der Waals surface area contributed by atoms with Crippen molar-refractivity contribution in [3.05, 3.63) is 101 Å². The third-order valence-corrected chi connectivity index (χ3v) is 11.5. The summed E-state index contributed by atoms with van der Waals surface area (Å²) in [5, 5.41) is 11.4. The largest absolute Gasteiger partial charge is 0.508 e. The maximum absolute atomic E-state index is 14.2. The number of hydrogen-bond acceptors (Lipinski definition) is 7. The van der Waals surface area contributed by atoms with E-state index in [1.54, 1.807) is 42.5 Å². The average molecular weight is 674 g/mol. The lowest BCUT2D eigenvalue weighted by Crippen LogP contribution is -2.60. The van der Waals surface area contributed by atoms with E-state index in [1.807, 2.05) is 30.3 Å². The molecule has 1 saturated carbocycles. The molecule has 2 saturated heterocycles. The topological polar surface area (TPSA) is 121 Å². The van der Waals surface area contributed by atoms with Gasteiger partial charge in [0, 0.05) is 30.2 Å². The fourth-order valence-corrected chi connectivity index (χ4v) is 8.80. The third kappa shape index (κ3) is 4.47. The van der Waals surface area contributed by atoms with Crippen LogP contribution in [-0.4, -0.2) is 56.2 Å². The number of hydrogen-bond donors (Lipinski definition) is 1. The first-order valence-corrected chi connectivity index (χ1v) is 16.0. The maximum atomic E-state index is 14.2. The summed E-state index contributed by atoms with van der Waals surface area (Å²) in [5.74, 6) is -5.75. The van der Waals surface area contributed by atoms with Gasteiger partial charge in [0.2, 0.25) is 11.8 Å². The number of imide groups is 2. The molecule has 6 unspecified atom stereocenters. The molecule has 4 aliphatic rings. The van der Waals surface area contributed by atoms with Crippen molar-refractivity contribution < 1.29 is 33.8 Å². The van der Waals surface area contributed by atoms with Crippen LogP contribution in [0.2, 0.25) is 0 Å². The number of carbonyl (C=O) groups is 5. The zero-order valence-corrected chi connectivity index (χ0v) is 27.0. The number of anilines is 1. The summed E-state index contributed by atoms with van der Waals surface area (Å²) in [6.45, 7) is 1.68. The van der Waals surface area contributed by atoms with Gasteiger partial charge >= 0.3 is 0 Å². The highest BCUT2D eigenvalue weighted by atomic mass is 35.5. The molecule has 0 aromatic heterocycles. The van der Waals surface area contributed by atoms with Crippen LogP contribution in [0, 0.1) is 17.8 Å². The third-order valence-electron chi connectivity index (χ3n) is 10.1. The van der Waals surface area contributed by atoms with Gasteiger partial charge in [-0.05, 0) is 61.6 Å². The Hall–Kier alpha value is -4.47. The van der Waals surface area contributed by atoms with Crippen molar-refractivity contribution in [3.8, 4) is 11.5 Å². The number of ketones is 1. The Morgan fingerprint density at radius 3 is 2.30 bits per heavy atom. The van der Waals surface area contributed by atoms with E-state index in [1.165, 1.54) is 20.0 Å². The number of amides is 4. The van der Waals surface area contributed by atoms with Gasteiger partial charge in [-0.3, -0.25) is 33.8 Å². The summed E-state index contributed by atoms with van der Waals surface area (Å²) < 4.78 is 5.90. The zero-order valence-electron chi connectivity index (χ0n) is 25.5. The number of ether oxygens (including phenoxy) is 1. The summed E-state index contributed by atoms with van der Waals surface area (Å²) in [7, 11) is 1.31. The summed E-state index contributed by atoms with van der Waals surface area (Å²) in [4.78, 5) is 65.3. The fourth-order valence-electron chi connectivity index (χ4n) is 7.79. The van der Waals surface area contributed by atoms with Crippen LogP contribution in [0.1, 0.15) is 47.2 Å². The van der Waals surface area contributed by atoms with Crippen LogP contribution < -0.4 is 9.64 Å². The van der Waals surface area contributed by atoms with Gasteiger partial charge in [0.15, 0.2) is 15.5 Å². The highest BCUT2D eigenvalue weighted by molar-refractivity contribution is 6.53. The predicted octanol–water partition coefficient (Wildman–Crippen LogP) is 5.37. The second-order valence-electron chi connectivity index (χ2n) is 12.6. The standard InChI is InChI=1S/C36H30Cl2N2O7/c1-19(41)21-8-10-22(11-9-21)40-31(43)26-15-14-24-27(29(26)32(40)44)17-35(37)33(45)39(2)34(46)36(35,38)30(24)25-13-12-23(16-28(25)42)47-18-20-6-4-3-5-7-20/h3-14,16,26-27,29-30,42H,15,17-18H2,1-2H3. The minimum absolute atomic E-state index is 0.150. The van der Waals surface area contributed by atoms with Crippen molar-refractivity contribution in [1.29, 1.82) is 0 Å². The van der Waals surface area contributed by atoms with Gasteiger partial charge in [-0.15, -0.1) is 23.2 Å². The molecule has 9 nitrogen and oxygen atoms in total. The van der Waals surface area contributed by atoms with Crippen LogP contribution in [-0.2, 0) is 25.8 Å². The molecule has 47 heavy (non-hydrogen) atoms. The number of Topliss-reactive ketones (excluding diaryl/α,β-unsaturated/α-hetero) is 1. The highest BCUT2D eigenvalue weighted by Gasteiger charge is 2.76. The molecule has 6 atom stereocenters. The lowest BCUT2D eigenvalue weighted by Gasteiger charge is -2.50. The minimum atomic E-state index is -2.02. The van der Waals surface area contributed by atoms with Crippen molar-refractivity contribution in [2.75, 3.05) is 11.9 Å². The van der Waals surface area contributed by atoms with Gasteiger partial charge < -0.3 is 9.84 Å². The SMILES string of the molecule is CC(=O)c1ccc(N2C(=O)C3CC=C4C(CC5(Cl)C(=O)N(C)C(=O)C5(Cl)C4c4ccc(OCc5ccccc5)cc4O)C3C2=O)cc1. The second-order valence-corrected chi connectivity index (χ2v) is 13.8. The van der Waals surface area contributed by atoms with Crippen molar-refractivity contribution >= 4 is 58.3 Å². The van der Waals surface area contributed by atoms with E-state index in [9.17, 15) is 29.1 Å². The normalized spacial score (nSPS) is 29.7. The fraction of sp³-hybridized carbons (Fsp3) is 0.306. The lowest BCUT2D eigenvalue weighted by atomic mass is 9.56. The van der Waals surface area contributed by atoms with E-state index < -0.39 is 57.0 Å². The smallest absolute Gasteiger partial charge is 0.253 e. The molecule has 2 heterocycles. The summed E-state index contributed by atoms with van der Waals surface area (Å²) in [5.41, 5.74) is 2.51. The number of likely N-dealkylation sites (tertiary alicyclic amines) is 1. The van der Waals surface area contributed by atoms with Crippen LogP contribution in [0.25, 0.3) is 0 Å². The number of phenols is 1.